The molecule has 21 heavy (non-hydrogen) atoms. The van der Waals surface area contributed by atoms with Gasteiger partial charge in [-0.2, -0.15) is 0 Å². The Morgan fingerprint density at radius 3 is 2.14 bits per heavy atom. The molecule has 6 heteroatoms. The highest BCUT2D eigenvalue weighted by Crippen LogP contribution is 2.32. The third-order valence-corrected chi connectivity index (χ3v) is 3.09. The highest BCUT2D eigenvalue weighted by atomic mass is 19.1. The molecule has 1 aromatic heterocycles. The largest absolute Gasteiger partial charge is 0.497 e. The number of hydrogen-bond acceptors (Lipinski definition) is 4. The molecule has 0 atom stereocenters. The molecule has 0 spiro atoms. The Morgan fingerprint density at radius 1 is 1.00 bits per heavy atom. The lowest BCUT2D eigenvalue weighted by atomic mass is 10.1. The van der Waals surface area contributed by atoms with E-state index in [0.29, 0.717) is 11.0 Å². The first-order valence-electron chi connectivity index (χ1n) is 6.16. The van der Waals surface area contributed by atoms with Crippen molar-refractivity contribution < 1.29 is 13.5 Å². The van der Waals surface area contributed by atoms with E-state index in [0.717, 1.165) is 12.1 Å². The SMILES string of the molecule is COc1cc(F)c(-c2nc3ccccc3nc2N)c(F)c1. The lowest BCUT2D eigenvalue weighted by Crippen LogP contribution is -2.02. The monoisotopic (exact) mass is 287 g/mol. The van der Waals surface area contributed by atoms with Crippen molar-refractivity contribution in [2.45, 2.75) is 0 Å². The van der Waals surface area contributed by atoms with Crippen LogP contribution in [0.25, 0.3) is 22.3 Å². The Kier molecular flexibility index (Phi) is 3.13. The van der Waals surface area contributed by atoms with Crippen LogP contribution in [0.1, 0.15) is 0 Å². The molecule has 2 N–H and O–H groups in total. The number of methoxy groups -OCH3 is 1. The summed E-state index contributed by atoms with van der Waals surface area (Å²) in [6.45, 7) is 0. The topological polar surface area (TPSA) is 61.0 Å². The maximum absolute atomic E-state index is 14.1. The van der Waals surface area contributed by atoms with Gasteiger partial charge in [-0.15, -0.1) is 0 Å². The summed E-state index contributed by atoms with van der Waals surface area (Å²) in [6.07, 6.45) is 0. The van der Waals surface area contributed by atoms with Crippen molar-refractivity contribution in [3.8, 4) is 17.0 Å². The fourth-order valence-electron chi connectivity index (χ4n) is 2.09. The Hall–Kier alpha value is -2.76. The van der Waals surface area contributed by atoms with Crippen molar-refractivity contribution in [1.82, 2.24) is 9.97 Å². The summed E-state index contributed by atoms with van der Waals surface area (Å²) >= 11 is 0. The summed E-state index contributed by atoms with van der Waals surface area (Å²) in [5.74, 6) is -1.55. The molecule has 0 radical (unpaired) electrons. The van der Waals surface area contributed by atoms with Crippen LogP contribution in [0.2, 0.25) is 0 Å². The molecule has 0 saturated carbocycles. The average molecular weight is 287 g/mol. The number of benzene rings is 2. The summed E-state index contributed by atoms with van der Waals surface area (Å²) in [4.78, 5) is 8.34. The third kappa shape index (κ3) is 2.24. The second kappa shape index (κ2) is 4.97. The maximum Gasteiger partial charge on any atom is 0.150 e. The van der Waals surface area contributed by atoms with Crippen LogP contribution in [0.3, 0.4) is 0 Å². The number of halogens is 2. The van der Waals surface area contributed by atoms with Gasteiger partial charge in [0.1, 0.15) is 23.1 Å². The van der Waals surface area contributed by atoms with Gasteiger partial charge in [-0.05, 0) is 12.1 Å². The molecule has 0 aliphatic heterocycles. The second-order valence-electron chi connectivity index (χ2n) is 4.41. The van der Waals surface area contributed by atoms with Crippen molar-refractivity contribution >= 4 is 16.9 Å². The Morgan fingerprint density at radius 2 is 1.57 bits per heavy atom. The quantitative estimate of drug-likeness (QED) is 0.786. The number of aromatic nitrogens is 2. The number of ether oxygens (including phenoxy) is 1. The van der Waals surface area contributed by atoms with Crippen LogP contribution in [-0.4, -0.2) is 17.1 Å². The van der Waals surface area contributed by atoms with E-state index in [1.54, 1.807) is 24.3 Å². The van der Waals surface area contributed by atoms with Crippen molar-refractivity contribution in [2.75, 3.05) is 12.8 Å². The molecule has 4 nitrogen and oxygen atoms in total. The van der Waals surface area contributed by atoms with Gasteiger partial charge in [-0.25, -0.2) is 18.7 Å². The lowest BCUT2D eigenvalue weighted by Gasteiger charge is -2.10. The number of fused-ring (bicyclic) bond motifs is 1. The van der Waals surface area contributed by atoms with E-state index >= 15 is 0 Å². The van der Waals surface area contributed by atoms with Gasteiger partial charge in [-0.1, -0.05) is 12.1 Å². The van der Waals surface area contributed by atoms with Crippen molar-refractivity contribution in [3.63, 3.8) is 0 Å². The van der Waals surface area contributed by atoms with Crippen LogP contribution in [0, 0.1) is 11.6 Å². The molecular formula is C15H11F2N3O. The zero-order valence-corrected chi connectivity index (χ0v) is 11.1. The molecule has 3 rings (SSSR count). The highest BCUT2D eigenvalue weighted by molar-refractivity contribution is 5.82. The number of nitrogens with two attached hydrogens (primary N) is 1. The molecule has 2 aromatic carbocycles. The summed E-state index contributed by atoms with van der Waals surface area (Å²) in [6, 6.07) is 9.12. The van der Waals surface area contributed by atoms with Gasteiger partial charge in [-0.3, -0.25) is 0 Å². The molecular weight excluding hydrogens is 276 g/mol. The van der Waals surface area contributed by atoms with Crippen LogP contribution >= 0.6 is 0 Å². The first-order valence-corrected chi connectivity index (χ1v) is 6.16. The van der Waals surface area contributed by atoms with Gasteiger partial charge < -0.3 is 10.5 Å². The zero-order chi connectivity index (χ0) is 15.0. The van der Waals surface area contributed by atoms with Crippen molar-refractivity contribution in [1.29, 1.82) is 0 Å². The summed E-state index contributed by atoms with van der Waals surface area (Å²) in [5, 5.41) is 0. The second-order valence-corrected chi connectivity index (χ2v) is 4.41. The van der Waals surface area contributed by atoms with E-state index in [9.17, 15) is 8.78 Å². The molecule has 3 aromatic rings. The summed E-state index contributed by atoms with van der Waals surface area (Å²) < 4.78 is 33.1. The lowest BCUT2D eigenvalue weighted by molar-refractivity contribution is 0.407. The minimum Gasteiger partial charge on any atom is -0.497 e. The van der Waals surface area contributed by atoms with Gasteiger partial charge in [0.05, 0.1) is 23.7 Å². The number of nitrogen functional groups attached to an aromatic ring is 1. The van der Waals surface area contributed by atoms with E-state index in [2.05, 4.69) is 9.97 Å². The van der Waals surface area contributed by atoms with Crippen LogP contribution in [0.15, 0.2) is 36.4 Å². The zero-order valence-electron chi connectivity index (χ0n) is 11.1. The molecule has 1 heterocycles. The molecule has 0 bridgehead atoms. The minimum absolute atomic E-state index is 0.0219. The first kappa shape index (κ1) is 13.2. The summed E-state index contributed by atoms with van der Waals surface area (Å²) in [5.41, 5.74) is 6.53. The predicted octanol–water partition coefficient (Wildman–Crippen LogP) is 3.17. The van der Waals surface area contributed by atoms with Crippen molar-refractivity contribution in [3.05, 3.63) is 48.0 Å². The minimum atomic E-state index is -0.803. The molecule has 0 saturated heterocycles. The molecule has 0 aliphatic carbocycles. The van der Waals surface area contributed by atoms with E-state index in [1.165, 1.54) is 7.11 Å². The number of hydrogen-bond donors (Lipinski definition) is 1. The average Bonchev–Trinajstić information content (AvgIpc) is 2.46. The number of anilines is 1. The van der Waals surface area contributed by atoms with Gasteiger partial charge in [0.2, 0.25) is 0 Å². The van der Waals surface area contributed by atoms with E-state index in [1.807, 2.05) is 0 Å². The third-order valence-electron chi connectivity index (χ3n) is 3.09. The number of rotatable bonds is 2. The molecule has 106 valence electrons. The smallest absolute Gasteiger partial charge is 0.150 e. The highest BCUT2D eigenvalue weighted by Gasteiger charge is 2.19. The fraction of sp³-hybridized carbons (Fsp3) is 0.0667. The molecule has 0 unspecified atom stereocenters. The predicted molar refractivity (Wildman–Crippen MR) is 75.9 cm³/mol. The Bertz CT molecular complexity index is 813. The van der Waals surface area contributed by atoms with Gasteiger partial charge in [0, 0.05) is 12.1 Å². The van der Waals surface area contributed by atoms with E-state index in [-0.39, 0.29) is 22.8 Å². The fourth-order valence-corrected chi connectivity index (χ4v) is 2.09. The standard InChI is InChI=1S/C15H11F2N3O/c1-21-8-6-9(16)13(10(17)7-8)14-15(18)20-12-5-3-2-4-11(12)19-14/h2-7H,1H3,(H2,18,20). The van der Waals surface area contributed by atoms with Crippen LogP contribution in [0.4, 0.5) is 14.6 Å². The summed E-state index contributed by atoms with van der Waals surface area (Å²) in [7, 11) is 1.33. The number of nitrogens with zero attached hydrogens (tertiary/aromatic N) is 2. The van der Waals surface area contributed by atoms with E-state index < -0.39 is 11.6 Å². The van der Waals surface area contributed by atoms with Crippen LogP contribution in [0.5, 0.6) is 5.75 Å². The Balaban J connectivity index is 2.27. The van der Waals surface area contributed by atoms with Gasteiger partial charge in [0.15, 0.2) is 5.82 Å². The molecule has 0 amide bonds. The first-order chi connectivity index (χ1) is 10.1. The van der Waals surface area contributed by atoms with Gasteiger partial charge >= 0.3 is 0 Å². The normalized spacial score (nSPS) is 10.8. The molecule has 0 aliphatic rings. The van der Waals surface area contributed by atoms with E-state index in [4.69, 9.17) is 10.5 Å². The Labute approximate surface area is 119 Å². The maximum atomic E-state index is 14.1. The van der Waals surface area contributed by atoms with Crippen molar-refractivity contribution in [2.24, 2.45) is 0 Å². The van der Waals surface area contributed by atoms with Gasteiger partial charge in [0.25, 0.3) is 0 Å². The number of para-hydroxylation sites is 2. The van der Waals surface area contributed by atoms with Crippen LogP contribution < -0.4 is 10.5 Å². The van der Waals surface area contributed by atoms with Crippen LogP contribution in [-0.2, 0) is 0 Å². The molecule has 0 fully saturated rings.